The molecule has 0 aliphatic carbocycles. The smallest absolute Gasteiger partial charge is 0.262 e. The fraction of sp³-hybridized carbons (Fsp3) is 0.118. The predicted octanol–water partition coefficient (Wildman–Crippen LogP) is 3.31. The molecule has 0 saturated heterocycles. The third-order valence-electron chi connectivity index (χ3n) is 3.37. The van der Waals surface area contributed by atoms with E-state index in [1.54, 1.807) is 19.9 Å². The third kappa shape index (κ3) is 2.91. The molecular formula is C17H15N3O3. The lowest BCUT2D eigenvalue weighted by Gasteiger charge is -2.07. The summed E-state index contributed by atoms with van der Waals surface area (Å²) in [5.74, 6) is -0.0438. The van der Waals surface area contributed by atoms with Crippen LogP contribution in [0.5, 0.6) is 5.75 Å². The van der Waals surface area contributed by atoms with E-state index >= 15 is 0 Å². The summed E-state index contributed by atoms with van der Waals surface area (Å²) in [4.78, 5) is 16.7. The van der Waals surface area contributed by atoms with Crippen molar-refractivity contribution in [1.29, 1.82) is 0 Å². The summed E-state index contributed by atoms with van der Waals surface area (Å²) in [7, 11) is 0. The van der Waals surface area contributed by atoms with E-state index in [0.29, 0.717) is 22.7 Å². The molecule has 6 nitrogen and oxygen atoms in total. The number of hydrogen-bond acceptors (Lipinski definition) is 5. The van der Waals surface area contributed by atoms with Crippen molar-refractivity contribution in [1.82, 2.24) is 10.1 Å². The van der Waals surface area contributed by atoms with Gasteiger partial charge in [0.1, 0.15) is 5.56 Å². The topological polar surface area (TPSA) is 88.2 Å². The van der Waals surface area contributed by atoms with E-state index in [9.17, 15) is 9.90 Å². The van der Waals surface area contributed by atoms with Gasteiger partial charge in [0.15, 0.2) is 17.3 Å². The highest BCUT2D eigenvalue weighted by atomic mass is 16.5. The number of rotatable bonds is 3. The number of nitrogens with zero attached hydrogens (tertiary/aromatic N) is 2. The second-order valence-corrected chi connectivity index (χ2v) is 5.11. The monoisotopic (exact) mass is 309 g/mol. The van der Waals surface area contributed by atoms with Crippen LogP contribution in [0.1, 0.15) is 21.7 Å². The molecule has 1 aromatic carbocycles. The highest BCUT2D eigenvalue weighted by molar-refractivity contribution is 6.08. The molecule has 2 N–H and O–H groups in total. The lowest BCUT2D eigenvalue weighted by Crippen LogP contribution is -2.14. The molecule has 0 saturated carbocycles. The first-order chi connectivity index (χ1) is 11.1. The van der Waals surface area contributed by atoms with E-state index in [4.69, 9.17) is 4.52 Å². The molecule has 0 radical (unpaired) electrons. The largest absolute Gasteiger partial charge is 0.504 e. The maximum Gasteiger partial charge on any atom is 0.262 e. The van der Waals surface area contributed by atoms with E-state index in [1.165, 1.54) is 6.07 Å². The number of amides is 1. The zero-order valence-electron chi connectivity index (χ0n) is 12.7. The highest BCUT2D eigenvalue weighted by Gasteiger charge is 2.22. The zero-order valence-corrected chi connectivity index (χ0v) is 12.7. The summed E-state index contributed by atoms with van der Waals surface area (Å²) in [6.07, 6.45) is 0. The number of nitrogens with one attached hydrogen (secondary N) is 1. The maximum atomic E-state index is 12.6. The van der Waals surface area contributed by atoms with Crippen molar-refractivity contribution in [2.24, 2.45) is 0 Å². The molecule has 116 valence electrons. The van der Waals surface area contributed by atoms with Crippen LogP contribution in [0, 0.1) is 13.8 Å². The Labute approximate surface area is 132 Å². The molecule has 0 aliphatic rings. The molecule has 1 amide bonds. The van der Waals surface area contributed by atoms with Crippen LogP contribution in [0.3, 0.4) is 0 Å². The molecular weight excluding hydrogens is 294 g/mol. The number of benzene rings is 1. The fourth-order valence-electron chi connectivity index (χ4n) is 2.24. The molecule has 0 unspecified atom stereocenters. The molecule has 3 rings (SSSR count). The molecule has 0 atom stereocenters. The maximum absolute atomic E-state index is 12.6. The van der Waals surface area contributed by atoms with Crippen LogP contribution in [0.4, 0.5) is 5.82 Å². The van der Waals surface area contributed by atoms with Crippen molar-refractivity contribution in [3.63, 3.8) is 0 Å². The van der Waals surface area contributed by atoms with Crippen LogP contribution >= 0.6 is 0 Å². The van der Waals surface area contributed by atoms with Crippen molar-refractivity contribution < 1.29 is 14.4 Å². The normalized spacial score (nSPS) is 10.5. The lowest BCUT2D eigenvalue weighted by atomic mass is 10.1. The van der Waals surface area contributed by atoms with Crippen LogP contribution in [-0.2, 0) is 0 Å². The van der Waals surface area contributed by atoms with Crippen molar-refractivity contribution in [2.75, 3.05) is 5.32 Å². The van der Waals surface area contributed by atoms with Gasteiger partial charge in [0.25, 0.3) is 5.91 Å². The summed E-state index contributed by atoms with van der Waals surface area (Å²) in [6.45, 7) is 3.46. The molecule has 0 fully saturated rings. The Hall–Kier alpha value is -3.15. The van der Waals surface area contributed by atoms with Gasteiger partial charge in [0.2, 0.25) is 0 Å². The Bertz CT molecular complexity index is 857. The minimum absolute atomic E-state index is 0.0979. The Morgan fingerprint density at radius 3 is 2.61 bits per heavy atom. The second-order valence-electron chi connectivity index (χ2n) is 5.11. The number of aromatic hydroxyl groups is 1. The van der Waals surface area contributed by atoms with E-state index in [0.717, 1.165) is 5.56 Å². The number of carbonyl (C=O) groups is 1. The van der Waals surface area contributed by atoms with E-state index in [-0.39, 0.29) is 11.6 Å². The lowest BCUT2D eigenvalue weighted by molar-refractivity contribution is 0.102. The molecule has 23 heavy (non-hydrogen) atoms. The standard InChI is InChI=1S/C17H15N3O3/c1-10-8-9-13(21)16(18-10)19-17(22)14-11(2)20-23-15(14)12-6-4-3-5-7-12/h3-9,21H,1-2H3,(H,18,19,22). The molecule has 3 aromatic rings. The van der Waals surface area contributed by atoms with Crippen LogP contribution in [0.2, 0.25) is 0 Å². The first kappa shape index (κ1) is 14.8. The van der Waals surface area contributed by atoms with Gasteiger partial charge in [-0.15, -0.1) is 0 Å². The van der Waals surface area contributed by atoms with Crippen LogP contribution in [-0.4, -0.2) is 21.2 Å². The quantitative estimate of drug-likeness (QED) is 0.775. The van der Waals surface area contributed by atoms with Gasteiger partial charge in [0, 0.05) is 11.3 Å². The number of carbonyl (C=O) groups excluding carboxylic acids is 1. The first-order valence-corrected chi connectivity index (χ1v) is 7.06. The van der Waals surface area contributed by atoms with Crippen molar-refractivity contribution in [2.45, 2.75) is 13.8 Å². The number of aromatic nitrogens is 2. The number of pyridine rings is 1. The van der Waals surface area contributed by atoms with Gasteiger partial charge in [-0.3, -0.25) is 4.79 Å². The second kappa shape index (κ2) is 5.92. The van der Waals surface area contributed by atoms with Gasteiger partial charge in [-0.05, 0) is 26.0 Å². The van der Waals surface area contributed by atoms with E-state index in [1.807, 2.05) is 30.3 Å². The van der Waals surface area contributed by atoms with Crippen LogP contribution in [0.25, 0.3) is 11.3 Å². The Kier molecular flexibility index (Phi) is 3.80. The Morgan fingerprint density at radius 1 is 1.13 bits per heavy atom. The Morgan fingerprint density at radius 2 is 1.87 bits per heavy atom. The van der Waals surface area contributed by atoms with Crippen LogP contribution in [0.15, 0.2) is 47.0 Å². The molecule has 6 heteroatoms. The summed E-state index contributed by atoms with van der Waals surface area (Å²) in [5.41, 5.74) is 2.22. The zero-order chi connectivity index (χ0) is 16.4. The number of hydrogen-bond donors (Lipinski definition) is 2. The van der Waals surface area contributed by atoms with Gasteiger partial charge < -0.3 is 14.9 Å². The SMILES string of the molecule is Cc1ccc(O)c(NC(=O)c2c(C)noc2-c2ccccc2)n1. The van der Waals surface area contributed by atoms with Gasteiger partial charge >= 0.3 is 0 Å². The van der Waals surface area contributed by atoms with Gasteiger partial charge in [-0.1, -0.05) is 35.5 Å². The first-order valence-electron chi connectivity index (χ1n) is 7.06. The van der Waals surface area contributed by atoms with Gasteiger partial charge in [-0.25, -0.2) is 4.98 Å². The van der Waals surface area contributed by atoms with Crippen molar-refractivity contribution in [3.05, 3.63) is 59.4 Å². The minimum atomic E-state index is -0.434. The molecule has 0 spiro atoms. The number of anilines is 1. The van der Waals surface area contributed by atoms with Gasteiger partial charge in [-0.2, -0.15) is 0 Å². The van der Waals surface area contributed by atoms with Crippen molar-refractivity contribution >= 4 is 11.7 Å². The predicted molar refractivity (Wildman–Crippen MR) is 85.3 cm³/mol. The fourth-order valence-corrected chi connectivity index (χ4v) is 2.24. The minimum Gasteiger partial charge on any atom is -0.504 e. The van der Waals surface area contributed by atoms with E-state index < -0.39 is 5.91 Å². The van der Waals surface area contributed by atoms with E-state index in [2.05, 4.69) is 15.5 Å². The Balaban J connectivity index is 1.97. The average molecular weight is 309 g/mol. The third-order valence-corrected chi connectivity index (χ3v) is 3.37. The summed E-state index contributed by atoms with van der Waals surface area (Å²) < 4.78 is 5.30. The molecule has 2 heterocycles. The molecule has 2 aromatic heterocycles. The van der Waals surface area contributed by atoms with Crippen molar-refractivity contribution in [3.8, 4) is 17.1 Å². The molecule has 0 bridgehead atoms. The molecule has 0 aliphatic heterocycles. The number of aryl methyl sites for hydroxylation is 2. The summed E-state index contributed by atoms with van der Waals surface area (Å²) in [5, 5.41) is 16.3. The van der Waals surface area contributed by atoms with Crippen LogP contribution < -0.4 is 5.32 Å². The summed E-state index contributed by atoms with van der Waals surface area (Å²) >= 11 is 0. The summed E-state index contributed by atoms with van der Waals surface area (Å²) in [6, 6.07) is 12.4. The van der Waals surface area contributed by atoms with Gasteiger partial charge in [0.05, 0.1) is 5.69 Å². The highest BCUT2D eigenvalue weighted by Crippen LogP contribution is 2.28. The average Bonchev–Trinajstić information content (AvgIpc) is 2.93.